The molecule has 3 aliphatic rings. The van der Waals surface area contributed by atoms with E-state index >= 15 is 0 Å². The largest absolute Gasteiger partial charge is 0.497 e. The van der Waals surface area contributed by atoms with Gasteiger partial charge in [0.1, 0.15) is 17.5 Å². The minimum atomic E-state index is -0.786. The minimum Gasteiger partial charge on any atom is -0.497 e. The highest BCUT2D eigenvalue weighted by Crippen LogP contribution is 2.49. The lowest BCUT2D eigenvalue weighted by molar-refractivity contribution is -0.132. The van der Waals surface area contributed by atoms with Gasteiger partial charge in [-0.05, 0) is 49.4 Å². The summed E-state index contributed by atoms with van der Waals surface area (Å²) < 4.78 is 10.3. The number of Topliss-reactive ketones (excluding diaryl/α,β-unsaturated/α-hetero) is 1. The molecule has 0 N–H and O–H groups in total. The molecule has 0 spiro atoms. The summed E-state index contributed by atoms with van der Waals surface area (Å²) in [5.74, 6) is -1.83. The van der Waals surface area contributed by atoms with Crippen LogP contribution in [0.3, 0.4) is 0 Å². The van der Waals surface area contributed by atoms with Crippen LogP contribution in [0.4, 0.5) is 11.4 Å². The Morgan fingerprint density at radius 3 is 2.21 bits per heavy atom. The van der Waals surface area contributed by atoms with Crippen LogP contribution in [-0.2, 0) is 19.2 Å². The number of amides is 2. The first-order valence-electron chi connectivity index (χ1n) is 10.6. The molecular formula is C25H22N2O6. The van der Waals surface area contributed by atoms with Gasteiger partial charge in [-0.25, -0.2) is 4.90 Å². The Hall–Kier alpha value is -3.94. The second-order valence-electron chi connectivity index (χ2n) is 8.39. The van der Waals surface area contributed by atoms with Gasteiger partial charge in [-0.2, -0.15) is 0 Å². The number of nitrogens with zero attached hydrogens (tertiary/aromatic N) is 2. The molecule has 0 saturated carbocycles. The molecule has 33 heavy (non-hydrogen) atoms. The van der Waals surface area contributed by atoms with Crippen molar-refractivity contribution in [1.82, 2.24) is 0 Å². The van der Waals surface area contributed by atoms with Gasteiger partial charge in [0.05, 0.1) is 30.7 Å². The second kappa shape index (κ2) is 7.58. The first-order valence-corrected chi connectivity index (χ1v) is 10.6. The number of hydrogen-bond acceptors (Lipinski definition) is 7. The summed E-state index contributed by atoms with van der Waals surface area (Å²) in [5, 5.41) is 0. The average molecular weight is 446 g/mol. The lowest BCUT2D eigenvalue weighted by Crippen LogP contribution is -2.48. The van der Waals surface area contributed by atoms with Crippen molar-refractivity contribution in [2.45, 2.75) is 25.9 Å². The molecule has 2 saturated heterocycles. The molecule has 8 heteroatoms. The number of hydrogen-bond donors (Lipinski definition) is 0. The number of esters is 1. The molecule has 2 fully saturated rings. The van der Waals surface area contributed by atoms with Crippen LogP contribution in [0, 0.1) is 11.8 Å². The molecule has 3 heterocycles. The minimum absolute atomic E-state index is 0.169. The molecular weight excluding hydrogens is 424 g/mol. The maximum Gasteiger partial charge on any atom is 0.308 e. The van der Waals surface area contributed by atoms with Crippen LogP contribution in [0.15, 0.2) is 48.5 Å². The molecule has 2 aromatic rings. The van der Waals surface area contributed by atoms with Crippen molar-refractivity contribution in [1.29, 1.82) is 0 Å². The fourth-order valence-electron chi connectivity index (χ4n) is 5.22. The molecule has 0 bridgehead atoms. The van der Waals surface area contributed by atoms with E-state index in [2.05, 4.69) is 0 Å². The van der Waals surface area contributed by atoms with E-state index in [1.165, 1.54) is 26.0 Å². The molecule has 2 aromatic carbocycles. The van der Waals surface area contributed by atoms with Crippen molar-refractivity contribution in [3.05, 3.63) is 54.1 Å². The highest BCUT2D eigenvalue weighted by atomic mass is 16.5. The fraction of sp³-hybridized carbons (Fsp3) is 0.280. The van der Waals surface area contributed by atoms with Crippen LogP contribution in [0.2, 0.25) is 0 Å². The lowest BCUT2D eigenvalue weighted by atomic mass is 9.88. The predicted octanol–water partition coefficient (Wildman–Crippen LogP) is 2.60. The highest BCUT2D eigenvalue weighted by Gasteiger charge is 2.63. The number of rotatable bonds is 4. The Balaban J connectivity index is 1.53. The maximum absolute atomic E-state index is 13.5. The van der Waals surface area contributed by atoms with E-state index in [0.717, 1.165) is 16.2 Å². The smallest absolute Gasteiger partial charge is 0.308 e. The average Bonchev–Trinajstić information content (AvgIpc) is 3.26. The lowest BCUT2D eigenvalue weighted by Gasteiger charge is -2.36. The Kier molecular flexibility index (Phi) is 4.81. The number of fused-ring (bicyclic) bond motifs is 5. The van der Waals surface area contributed by atoms with E-state index in [4.69, 9.17) is 9.47 Å². The molecule has 168 valence electrons. The molecule has 5 rings (SSSR count). The normalized spacial score (nSPS) is 24.9. The molecule has 0 aromatic heterocycles. The maximum atomic E-state index is 13.5. The van der Waals surface area contributed by atoms with Gasteiger partial charge in [0, 0.05) is 18.2 Å². The van der Waals surface area contributed by atoms with Gasteiger partial charge in [0.15, 0.2) is 5.78 Å². The number of anilines is 2. The molecule has 0 aliphatic carbocycles. The summed E-state index contributed by atoms with van der Waals surface area (Å²) in [5.41, 5.74) is 2.06. The molecule has 0 unspecified atom stereocenters. The summed E-state index contributed by atoms with van der Waals surface area (Å²) >= 11 is 0. The van der Waals surface area contributed by atoms with Crippen LogP contribution in [0.1, 0.15) is 19.4 Å². The summed E-state index contributed by atoms with van der Waals surface area (Å²) in [4.78, 5) is 54.1. The van der Waals surface area contributed by atoms with Crippen molar-refractivity contribution >= 4 is 41.0 Å². The number of benzene rings is 2. The Bertz CT molecular complexity index is 1220. The first-order chi connectivity index (χ1) is 15.8. The number of methoxy groups -OCH3 is 1. The number of carbonyl (C=O) groups is 4. The van der Waals surface area contributed by atoms with Crippen molar-refractivity contribution in [3.8, 4) is 11.5 Å². The van der Waals surface area contributed by atoms with E-state index in [-0.39, 0.29) is 11.7 Å². The van der Waals surface area contributed by atoms with Gasteiger partial charge in [0.2, 0.25) is 11.8 Å². The van der Waals surface area contributed by atoms with Crippen molar-refractivity contribution in [3.63, 3.8) is 0 Å². The third kappa shape index (κ3) is 3.13. The summed E-state index contributed by atoms with van der Waals surface area (Å²) in [6, 6.07) is 10.6. The number of ether oxygens (including phenoxy) is 2. The predicted molar refractivity (Wildman–Crippen MR) is 120 cm³/mol. The van der Waals surface area contributed by atoms with Crippen molar-refractivity contribution < 1.29 is 28.7 Å². The standard InChI is InChI=1S/C25H22N2O6/c1-13(28)23-22-21(20-10-4-15-12-18(32-3)9-11-19(15)27(20)23)24(30)26(25(22)31)16-5-7-17(8-6-16)33-14(2)29/h4-12,20-23H,1-3H3/t20-,21-,22+,23+/m1/s1. The number of ketones is 1. The van der Waals surface area contributed by atoms with E-state index in [1.54, 1.807) is 25.3 Å². The monoisotopic (exact) mass is 446 g/mol. The number of imide groups is 1. The SMILES string of the molecule is COc1ccc2c(c1)C=C[C@@H]1[C@H]3C(=O)N(c4ccc(OC(C)=O)cc4)C(=O)[C@@H]3[C@H](C(C)=O)N21. The Morgan fingerprint density at radius 2 is 1.58 bits per heavy atom. The quantitative estimate of drug-likeness (QED) is 0.405. The number of carbonyl (C=O) groups excluding carboxylic acids is 4. The summed E-state index contributed by atoms with van der Waals surface area (Å²) in [6.07, 6.45) is 3.80. The van der Waals surface area contributed by atoms with Gasteiger partial charge in [-0.1, -0.05) is 12.2 Å². The second-order valence-corrected chi connectivity index (χ2v) is 8.39. The summed E-state index contributed by atoms with van der Waals surface area (Å²) in [7, 11) is 1.58. The topological polar surface area (TPSA) is 93.2 Å². The Morgan fingerprint density at radius 1 is 0.909 bits per heavy atom. The van der Waals surface area contributed by atoms with Gasteiger partial charge in [-0.15, -0.1) is 0 Å². The van der Waals surface area contributed by atoms with Gasteiger partial charge in [-0.3, -0.25) is 19.2 Å². The first kappa shape index (κ1) is 20.9. The Labute approximate surface area is 190 Å². The molecule has 4 atom stereocenters. The molecule has 8 nitrogen and oxygen atoms in total. The third-order valence-electron chi connectivity index (χ3n) is 6.49. The van der Waals surface area contributed by atoms with E-state index in [0.29, 0.717) is 17.2 Å². The summed E-state index contributed by atoms with van der Waals surface area (Å²) in [6.45, 7) is 2.75. The van der Waals surface area contributed by atoms with E-state index in [1.807, 2.05) is 29.2 Å². The highest BCUT2D eigenvalue weighted by molar-refractivity contribution is 6.24. The third-order valence-corrected chi connectivity index (χ3v) is 6.49. The van der Waals surface area contributed by atoms with Crippen molar-refractivity contribution in [2.24, 2.45) is 11.8 Å². The zero-order valence-electron chi connectivity index (χ0n) is 18.3. The fourth-order valence-corrected chi connectivity index (χ4v) is 5.22. The van der Waals surface area contributed by atoms with Crippen LogP contribution >= 0.6 is 0 Å². The van der Waals surface area contributed by atoms with Gasteiger partial charge < -0.3 is 14.4 Å². The zero-order valence-corrected chi connectivity index (χ0v) is 18.3. The van der Waals surface area contributed by atoms with Crippen molar-refractivity contribution in [2.75, 3.05) is 16.9 Å². The molecule has 3 aliphatic heterocycles. The van der Waals surface area contributed by atoms with E-state index < -0.39 is 35.8 Å². The zero-order chi connectivity index (χ0) is 23.4. The van der Waals surface area contributed by atoms with Crippen LogP contribution in [0.5, 0.6) is 11.5 Å². The van der Waals surface area contributed by atoms with Crippen LogP contribution in [-0.4, -0.2) is 42.8 Å². The van der Waals surface area contributed by atoms with E-state index in [9.17, 15) is 19.2 Å². The van der Waals surface area contributed by atoms with Gasteiger partial charge in [0.25, 0.3) is 0 Å². The van der Waals surface area contributed by atoms with Crippen LogP contribution in [0.25, 0.3) is 6.08 Å². The molecule has 2 amide bonds. The molecule has 0 radical (unpaired) electrons. The van der Waals surface area contributed by atoms with Gasteiger partial charge >= 0.3 is 5.97 Å². The van der Waals surface area contributed by atoms with Crippen LogP contribution < -0.4 is 19.3 Å².